The predicted octanol–water partition coefficient (Wildman–Crippen LogP) is 3.47. The molecule has 1 aliphatic heterocycles. The van der Waals surface area contributed by atoms with E-state index in [0.29, 0.717) is 0 Å². The Hall–Kier alpha value is -2.10. The largest absolute Gasteiger partial charge is 0.335 e. The minimum atomic E-state index is -0.0422. The van der Waals surface area contributed by atoms with Crippen LogP contribution in [0.25, 0.3) is 10.9 Å². The molecule has 4 rings (SSSR count). The Balaban J connectivity index is 1.87. The maximum Gasteiger partial charge on any atom is 0.322 e. The van der Waals surface area contributed by atoms with Crippen molar-refractivity contribution in [1.82, 2.24) is 10.3 Å². The van der Waals surface area contributed by atoms with Crippen LogP contribution in [-0.2, 0) is 0 Å². The van der Waals surface area contributed by atoms with Crippen LogP contribution in [0.15, 0.2) is 36.5 Å². The van der Waals surface area contributed by atoms with Crippen LogP contribution in [0.2, 0.25) is 0 Å². The van der Waals surface area contributed by atoms with E-state index in [0.717, 1.165) is 36.0 Å². The number of fused-ring (bicyclic) bond motifs is 1. The highest BCUT2D eigenvalue weighted by molar-refractivity contribution is 6.04. The van der Waals surface area contributed by atoms with Gasteiger partial charge in [-0.1, -0.05) is 25.3 Å². The van der Waals surface area contributed by atoms with Crippen LogP contribution < -0.4 is 10.2 Å². The lowest BCUT2D eigenvalue weighted by Gasteiger charge is -2.40. The predicted molar refractivity (Wildman–Crippen MR) is 83.4 cm³/mol. The van der Waals surface area contributed by atoms with E-state index < -0.39 is 0 Å². The molecule has 1 N–H and O–H groups in total. The van der Waals surface area contributed by atoms with Crippen LogP contribution in [0.1, 0.15) is 32.1 Å². The van der Waals surface area contributed by atoms with Crippen LogP contribution in [0.5, 0.6) is 0 Å². The van der Waals surface area contributed by atoms with Gasteiger partial charge in [0, 0.05) is 18.1 Å². The van der Waals surface area contributed by atoms with Gasteiger partial charge in [-0.3, -0.25) is 9.88 Å². The quantitative estimate of drug-likeness (QED) is 0.870. The van der Waals surface area contributed by atoms with Gasteiger partial charge in [-0.15, -0.1) is 0 Å². The Morgan fingerprint density at radius 3 is 2.81 bits per heavy atom. The molecule has 0 bridgehead atoms. The number of anilines is 1. The molecule has 4 nitrogen and oxygen atoms in total. The number of rotatable bonds is 1. The fraction of sp³-hybridized carbons (Fsp3) is 0.412. The third kappa shape index (κ3) is 1.89. The zero-order valence-electron chi connectivity index (χ0n) is 12.0. The van der Waals surface area contributed by atoms with Crippen LogP contribution in [0.4, 0.5) is 10.5 Å². The second kappa shape index (κ2) is 4.72. The number of hydrogen-bond acceptors (Lipinski definition) is 2. The molecule has 0 atom stereocenters. The van der Waals surface area contributed by atoms with Crippen LogP contribution in [0, 0.1) is 0 Å². The van der Waals surface area contributed by atoms with Crippen molar-refractivity contribution in [2.45, 2.75) is 37.6 Å². The molecule has 0 unspecified atom stereocenters. The van der Waals surface area contributed by atoms with Gasteiger partial charge in [0.2, 0.25) is 0 Å². The van der Waals surface area contributed by atoms with Crippen LogP contribution in [-0.4, -0.2) is 23.1 Å². The first-order valence-corrected chi connectivity index (χ1v) is 7.72. The topological polar surface area (TPSA) is 45.2 Å². The molecular formula is C17H19N3O. The van der Waals surface area contributed by atoms with Gasteiger partial charge < -0.3 is 5.32 Å². The molecule has 1 spiro atoms. The number of nitrogens with zero attached hydrogens (tertiary/aromatic N) is 2. The first-order valence-electron chi connectivity index (χ1n) is 7.72. The Morgan fingerprint density at radius 2 is 1.95 bits per heavy atom. The Bertz CT molecular complexity index is 686. The van der Waals surface area contributed by atoms with Crippen molar-refractivity contribution in [2.24, 2.45) is 0 Å². The van der Waals surface area contributed by atoms with Gasteiger partial charge in [0.05, 0.1) is 16.7 Å². The lowest BCUT2D eigenvalue weighted by Crippen LogP contribution is -2.48. The average Bonchev–Trinajstić information content (AvgIpc) is 2.84. The highest BCUT2D eigenvalue weighted by Gasteiger charge is 2.46. The zero-order chi connectivity index (χ0) is 14.3. The smallest absolute Gasteiger partial charge is 0.322 e. The summed E-state index contributed by atoms with van der Waals surface area (Å²) in [4.78, 5) is 18.9. The molecule has 2 fully saturated rings. The summed E-state index contributed by atoms with van der Waals surface area (Å²) in [5.74, 6) is 0. The third-order valence-corrected chi connectivity index (χ3v) is 4.89. The molecule has 1 aliphatic carbocycles. The van der Waals surface area contributed by atoms with E-state index in [1.165, 1.54) is 19.3 Å². The van der Waals surface area contributed by atoms with Gasteiger partial charge in [0.15, 0.2) is 0 Å². The Morgan fingerprint density at radius 1 is 1.10 bits per heavy atom. The summed E-state index contributed by atoms with van der Waals surface area (Å²) in [6, 6.07) is 10.1. The maximum atomic E-state index is 12.5. The lowest BCUT2D eigenvalue weighted by molar-refractivity contribution is 0.248. The molecule has 108 valence electrons. The molecular weight excluding hydrogens is 262 g/mol. The molecule has 1 aromatic carbocycles. The van der Waals surface area contributed by atoms with Gasteiger partial charge in [0.25, 0.3) is 0 Å². The monoisotopic (exact) mass is 281 g/mol. The van der Waals surface area contributed by atoms with Crippen molar-refractivity contribution >= 4 is 22.6 Å². The first-order chi connectivity index (χ1) is 10.3. The van der Waals surface area contributed by atoms with Crippen molar-refractivity contribution in [3.63, 3.8) is 0 Å². The van der Waals surface area contributed by atoms with Gasteiger partial charge in [-0.2, -0.15) is 0 Å². The number of amides is 2. The molecule has 4 heteroatoms. The van der Waals surface area contributed by atoms with Gasteiger partial charge in [-0.05, 0) is 37.1 Å². The first kappa shape index (κ1) is 12.6. The number of benzene rings is 1. The molecule has 1 saturated carbocycles. The van der Waals surface area contributed by atoms with E-state index >= 15 is 0 Å². The Labute approximate surface area is 124 Å². The van der Waals surface area contributed by atoms with E-state index in [1.54, 1.807) is 6.20 Å². The van der Waals surface area contributed by atoms with Crippen molar-refractivity contribution in [1.29, 1.82) is 0 Å². The van der Waals surface area contributed by atoms with E-state index in [4.69, 9.17) is 0 Å². The fourth-order valence-corrected chi connectivity index (χ4v) is 3.87. The molecule has 21 heavy (non-hydrogen) atoms. The summed E-state index contributed by atoms with van der Waals surface area (Å²) in [6.45, 7) is 0.766. The summed E-state index contributed by atoms with van der Waals surface area (Å²) in [5, 5.41) is 4.12. The summed E-state index contributed by atoms with van der Waals surface area (Å²) >= 11 is 0. The maximum absolute atomic E-state index is 12.5. The van der Waals surface area contributed by atoms with Gasteiger partial charge >= 0.3 is 6.03 Å². The van der Waals surface area contributed by atoms with Crippen molar-refractivity contribution in [2.75, 3.05) is 11.4 Å². The summed E-state index contributed by atoms with van der Waals surface area (Å²) in [7, 11) is 0. The van der Waals surface area contributed by atoms with E-state index in [1.807, 2.05) is 29.2 Å². The average molecular weight is 281 g/mol. The normalized spacial score (nSPS) is 21.0. The number of urea groups is 1. The number of nitrogens with one attached hydrogen (secondary N) is 1. The van der Waals surface area contributed by atoms with E-state index in [2.05, 4.69) is 16.4 Å². The van der Waals surface area contributed by atoms with E-state index in [-0.39, 0.29) is 11.6 Å². The molecule has 2 heterocycles. The number of aromatic nitrogens is 1. The molecule has 1 aromatic heterocycles. The second-order valence-corrected chi connectivity index (χ2v) is 6.13. The molecule has 0 radical (unpaired) electrons. The van der Waals surface area contributed by atoms with Gasteiger partial charge in [-0.25, -0.2) is 4.79 Å². The lowest BCUT2D eigenvalue weighted by atomic mass is 9.81. The number of carbonyl (C=O) groups excluding carboxylic acids is 1. The number of carbonyl (C=O) groups is 1. The van der Waals surface area contributed by atoms with E-state index in [9.17, 15) is 4.79 Å². The zero-order valence-corrected chi connectivity index (χ0v) is 12.0. The summed E-state index contributed by atoms with van der Waals surface area (Å²) < 4.78 is 0. The Kier molecular flexibility index (Phi) is 2.84. The molecule has 1 saturated heterocycles. The second-order valence-electron chi connectivity index (χ2n) is 6.13. The fourth-order valence-electron chi connectivity index (χ4n) is 3.87. The van der Waals surface area contributed by atoms with Gasteiger partial charge in [0.1, 0.15) is 0 Å². The number of pyridine rings is 1. The minimum Gasteiger partial charge on any atom is -0.335 e. The molecule has 2 amide bonds. The summed E-state index contributed by atoms with van der Waals surface area (Å²) in [5.41, 5.74) is 1.90. The van der Waals surface area contributed by atoms with Crippen LogP contribution >= 0.6 is 0 Å². The van der Waals surface area contributed by atoms with Crippen molar-refractivity contribution < 1.29 is 4.79 Å². The number of hydrogen-bond donors (Lipinski definition) is 1. The van der Waals surface area contributed by atoms with Crippen molar-refractivity contribution in [3.05, 3.63) is 36.5 Å². The highest BCUT2D eigenvalue weighted by atomic mass is 16.2. The highest BCUT2D eigenvalue weighted by Crippen LogP contribution is 2.41. The van der Waals surface area contributed by atoms with Crippen LogP contribution in [0.3, 0.4) is 0 Å². The SMILES string of the molecule is O=C1NCC2(CCCCC2)N1c1cccc2ncccc12. The summed E-state index contributed by atoms with van der Waals surface area (Å²) in [6.07, 6.45) is 7.65. The standard InChI is InChI=1S/C17H19N3O/c21-16-19-12-17(9-2-1-3-10-17)20(16)15-8-4-7-14-13(15)6-5-11-18-14/h4-8,11H,1-3,9-10,12H2,(H,19,21). The third-order valence-electron chi connectivity index (χ3n) is 4.89. The molecule has 2 aliphatic rings. The minimum absolute atomic E-state index is 0.0354. The molecule has 2 aromatic rings. The van der Waals surface area contributed by atoms with Crippen molar-refractivity contribution in [3.8, 4) is 0 Å².